The van der Waals surface area contributed by atoms with Crippen LogP contribution in [0.5, 0.6) is 0 Å². The molecule has 0 radical (unpaired) electrons. The van der Waals surface area contributed by atoms with Gasteiger partial charge >= 0.3 is 5.97 Å². The highest BCUT2D eigenvalue weighted by atomic mass is 16.5. The minimum atomic E-state index is -0.629. The van der Waals surface area contributed by atoms with E-state index in [1.807, 2.05) is 29.4 Å². The Kier molecular flexibility index (Phi) is 5.38. The van der Waals surface area contributed by atoms with Crippen LogP contribution in [0.15, 0.2) is 40.2 Å². The van der Waals surface area contributed by atoms with E-state index in [0.717, 1.165) is 12.1 Å². The van der Waals surface area contributed by atoms with Crippen LogP contribution in [0, 0.1) is 11.8 Å². The molecule has 34 heavy (non-hydrogen) atoms. The third kappa shape index (κ3) is 3.53. The number of likely N-dealkylation sites (tertiary alicyclic amines) is 1. The second-order valence-electron chi connectivity index (χ2n) is 9.56. The smallest absolute Gasteiger partial charge is 0.341 e. The molecule has 178 valence electrons. The van der Waals surface area contributed by atoms with Gasteiger partial charge in [0.2, 0.25) is 5.91 Å². The predicted octanol–water partition coefficient (Wildman–Crippen LogP) is 1.47. The number of carbonyl (C=O) groups is 2. The van der Waals surface area contributed by atoms with Crippen LogP contribution >= 0.6 is 0 Å². The molecule has 5 heterocycles. The summed E-state index contributed by atoms with van der Waals surface area (Å²) >= 11 is 0. The van der Waals surface area contributed by atoms with E-state index in [9.17, 15) is 19.2 Å². The van der Waals surface area contributed by atoms with Crippen LogP contribution in [-0.4, -0.2) is 56.3 Å². The lowest BCUT2D eigenvalue weighted by atomic mass is 9.82. The lowest BCUT2D eigenvalue weighted by molar-refractivity contribution is -0.139. The van der Waals surface area contributed by atoms with Crippen LogP contribution in [0.2, 0.25) is 0 Å². The first-order chi connectivity index (χ1) is 16.3. The number of rotatable bonds is 4. The van der Waals surface area contributed by atoms with Gasteiger partial charge in [0.1, 0.15) is 17.3 Å². The van der Waals surface area contributed by atoms with Crippen molar-refractivity contribution in [2.45, 2.75) is 38.8 Å². The Balaban J connectivity index is 1.52. The second-order valence-corrected chi connectivity index (χ2v) is 9.56. The molecule has 1 saturated heterocycles. The van der Waals surface area contributed by atoms with Crippen LogP contribution in [0.1, 0.15) is 48.3 Å². The number of amides is 1. The molecule has 4 aliphatic heterocycles. The van der Waals surface area contributed by atoms with Crippen molar-refractivity contribution in [2.24, 2.45) is 11.8 Å². The van der Waals surface area contributed by atoms with Crippen molar-refractivity contribution < 1.29 is 14.3 Å². The van der Waals surface area contributed by atoms with Gasteiger partial charge < -0.3 is 18.8 Å². The molecular weight excluding hydrogens is 438 g/mol. The third-order valence-corrected chi connectivity index (χ3v) is 6.98. The zero-order valence-corrected chi connectivity index (χ0v) is 19.4. The molecule has 0 aromatic carbocycles. The molecule has 5 rings (SSSR count). The van der Waals surface area contributed by atoms with E-state index in [-0.39, 0.29) is 46.0 Å². The van der Waals surface area contributed by atoms with Crippen LogP contribution in [0.4, 0.5) is 0 Å². The van der Waals surface area contributed by atoms with Gasteiger partial charge in [-0.2, -0.15) is 5.10 Å². The Morgan fingerprint density at radius 2 is 1.94 bits per heavy atom. The van der Waals surface area contributed by atoms with Crippen molar-refractivity contribution in [3.63, 3.8) is 0 Å². The SMILES string of the molecule is COC(=O)c1cn(C(C(=O)N2C[C@H]3C[C@@H](C2)c2cccc(=O)n2C3)C(C)C)cc2c(=O)[nH]nc1-2. The number of fused-ring (bicyclic) bond motifs is 5. The first-order valence-electron chi connectivity index (χ1n) is 11.4. The highest BCUT2D eigenvalue weighted by Gasteiger charge is 2.39. The standard InChI is InChI=1S/C24H27N5O5/c1-13(2)21(27-11-16-20(25-26-22(16)31)17(12-27)24(33)34-3)23(32)28-8-14-7-15(10-28)18-5-4-6-19(30)29(18)9-14/h4-6,11-15,21H,7-10H2,1-3H3,(H,26,31)/t14-,15+,21?/m1/s1. The molecule has 1 aromatic rings. The lowest BCUT2D eigenvalue weighted by Gasteiger charge is -2.44. The molecule has 0 saturated carbocycles. The minimum Gasteiger partial charge on any atom is -0.465 e. The number of aromatic nitrogens is 4. The van der Waals surface area contributed by atoms with Crippen LogP contribution < -0.4 is 11.1 Å². The van der Waals surface area contributed by atoms with E-state index < -0.39 is 17.6 Å². The number of ether oxygens (including phenoxy) is 1. The van der Waals surface area contributed by atoms with Gasteiger partial charge in [0.25, 0.3) is 11.1 Å². The van der Waals surface area contributed by atoms with Gasteiger partial charge in [-0.15, -0.1) is 0 Å². The van der Waals surface area contributed by atoms with E-state index in [4.69, 9.17) is 4.74 Å². The van der Waals surface area contributed by atoms with Gasteiger partial charge in [-0.1, -0.05) is 19.9 Å². The molecule has 4 aliphatic rings. The molecule has 10 heteroatoms. The number of nitrogens with zero attached hydrogens (tertiary/aromatic N) is 4. The van der Waals surface area contributed by atoms with Crippen molar-refractivity contribution in [3.8, 4) is 11.3 Å². The number of H-pyrrole nitrogens is 1. The molecule has 3 atom stereocenters. The van der Waals surface area contributed by atoms with E-state index in [2.05, 4.69) is 10.2 Å². The summed E-state index contributed by atoms with van der Waals surface area (Å²) in [5, 5.41) is 6.33. The Labute approximate surface area is 195 Å². The molecule has 1 N–H and O–H groups in total. The topological polar surface area (TPSA) is 119 Å². The highest BCUT2D eigenvalue weighted by Crippen LogP contribution is 2.37. The van der Waals surface area contributed by atoms with E-state index >= 15 is 0 Å². The van der Waals surface area contributed by atoms with Crippen molar-refractivity contribution in [3.05, 3.63) is 62.6 Å². The number of hydrogen-bond acceptors (Lipinski definition) is 6. The first-order valence-corrected chi connectivity index (χ1v) is 11.4. The van der Waals surface area contributed by atoms with Gasteiger partial charge in [0.15, 0.2) is 0 Å². The largest absolute Gasteiger partial charge is 0.465 e. The average Bonchev–Trinajstić information content (AvgIpc) is 3.19. The number of carbonyl (C=O) groups excluding carboxylic acids is 2. The number of esters is 1. The van der Waals surface area contributed by atoms with Crippen molar-refractivity contribution in [1.82, 2.24) is 24.2 Å². The average molecular weight is 466 g/mol. The zero-order chi connectivity index (χ0) is 24.1. The predicted molar refractivity (Wildman–Crippen MR) is 123 cm³/mol. The van der Waals surface area contributed by atoms with Gasteiger partial charge in [0, 0.05) is 49.7 Å². The van der Waals surface area contributed by atoms with Gasteiger partial charge in [-0.3, -0.25) is 14.4 Å². The first kappa shape index (κ1) is 22.1. The molecule has 10 nitrogen and oxygen atoms in total. The Morgan fingerprint density at radius 3 is 2.68 bits per heavy atom. The lowest BCUT2D eigenvalue weighted by Crippen LogP contribution is -2.51. The summed E-state index contributed by atoms with van der Waals surface area (Å²) in [5.74, 6) is -0.524. The number of nitrogens with one attached hydrogen (secondary N) is 1. The summed E-state index contributed by atoms with van der Waals surface area (Å²) in [6.45, 7) is 5.55. The van der Waals surface area contributed by atoms with Gasteiger partial charge in [-0.25, -0.2) is 9.89 Å². The molecule has 1 unspecified atom stereocenters. The second kappa shape index (κ2) is 8.27. The fraction of sp³-hybridized carbons (Fsp3) is 0.458. The summed E-state index contributed by atoms with van der Waals surface area (Å²) in [4.78, 5) is 52.8. The fourth-order valence-corrected chi connectivity index (χ4v) is 5.50. The van der Waals surface area contributed by atoms with Crippen LogP contribution in [0.3, 0.4) is 0 Å². The van der Waals surface area contributed by atoms with Gasteiger partial charge in [-0.05, 0) is 24.3 Å². The Hall–Kier alpha value is -3.69. The van der Waals surface area contributed by atoms with Gasteiger partial charge in [0.05, 0.1) is 12.7 Å². The molecule has 2 bridgehead atoms. The number of hydrogen-bond donors (Lipinski definition) is 1. The molecule has 0 aliphatic carbocycles. The zero-order valence-electron chi connectivity index (χ0n) is 19.4. The molecule has 1 aromatic heterocycles. The number of methoxy groups -OCH3 is 1. The Bertz CT molecular complexity index is 1350. The highest BCUT2D eigenvalue weighted by molar-refractivity contribution is 5.96. The van der Waals surface area contributed by atoms with Crippen LogP contribution in [-0.2, 0) is 16.1 Å². The number of aromatic amines is 1. The summed E-state index contributed by atoms with van der Waals surface area (Å²) < 4.78 is 8.36. The maximum atomic E-state index is 13.9. The third-order valence-electron chi connectivity index (χ3n) is 6.98. The summed E-state index contributed by atoms with van der Waals surface area (Å²) in [6, 6.07) is 4.69. The minimum absolute atomic E-state index is 0.000222. The molecule has 1 amide bonds. The van der Waals surface area contributed by atoms with E-state index in [1.165, 1.54) is 13.3 Å². The normalized spacial score (nSPS) is 20.3. The van der Waals surface area contributed by atoms with Crippen molar-refractivity contribution in [1.29, 1.82) is 0 Å². The molecule has 1 fully saturated rings. The fourth-order valence-electron chi connectivity index (χ4n) is 5.50. The van der Waals surface area contributed by atoms with E-state index in [0.29, 0.717) is 19.6 Å². The number of pyridine rings is 2. The van der Waals surface area contributed by atoms with Crippen molar-refractivity contribution >= 4 is 11.9 Å². The quantitative estimate of drug-likeness (QED) is 0.583. The Morgan fingerprint density at radius 1 is 1.15 bits per heavy atom. The molecular formula is C24H27N5O5. The summed E-state index contributed by atoms with van der Waals surface area (Å²) in [6.07, 6.45) is 4.06. The summed E-state index contributed by atoms with van der Waals surface area (Å²) in [5.41, 5.74) is 1.11. The van der Waals surface area contributed by atoms with Crippen LogP contribution in [0.25, 0.3) is 11.3 Å². The maximum Gasteiger partial charge on any atom is 0.341 e. The number of piperidine rings is 1. The summed E-state index contributed by atoms with van der Waals surface area (Å²) in [7, 11) is 1.26. The van der Waals surface area contributed by atoms with Crippen molar-refractivity contribution in [2.75, 3.05) is 20.2 Å². The molecule has 0 spiro atoms. The van der Waals surface area contributed by atoms with E-state index in [1.54, 1.807) is 22.9 Å². The maximum absolute atomic E-state index is 13.9. The monoisotopic (exact) mass is 465 g/mol.